The summed E-state index contributed by atoms with van der Waals surface area (Å²) in [6.45, 7) is 5.31. The van der Waals surface area contributed by atoms with Crippen LogP contribution in [0.4, 0.5) is 0 Å². The standard InChI is InChI=1S/C14H23N3O2S/c1-3-15-9-6-10-16(2)20(18,19)17-11-13-7-4-5-8-14(13)12-17/h4-5,7-8,15H,3,6,9-12H2,1-2H3. The van der Waals surface area contributed by atoms with Crippen LogP contribution in [0.3, 0.4) is 0 Å². The first-order valence-electron chi connectivity index (χ1n) is 7.04. The Kier molecular flexibility index (Phi) is 5.15. The molecule has 1 aromatic carbocycles. The molecule has 1 heterocycles. The van der Waals surface area contributed by atoms with E-state index in [1.54, 1.807) is 11.4 Å². The first kappa shape index (κ1) is 15.4. The van der Waals surface area contributed by atoms with E-state index in [2.05, 4.69) is 5.32 Å². The minimum Gasteiger partial charge on any atom is -0.317 e. The summed E-state index contributed by atoms with van der Waals surface area (Å²) in [5.74, 6) is 0. The van der Waals surface area contributed by atoms with Crippen molar-refractivity contribution in [2.75, 3.05) is 26.7 Å². The van der Waals surface area contributed by atoms with E-state index >= 15 is 0 Å². The van der Waals surface area contributed by atoms with Crippen molar-refractivity contribution >= 4 is 10.2 Å². The Labute approximate surface area is 121 Å². The first-order chi connectivity index (χ1) is 9.55. The van der Waals surface area contributed by atoms with Crippen molar-refractivity contribution in [3.63, 3.8) is 0 Å². The van der Waals surface area contributed by atoms with E-state index in [9.17, 15) is 8.42 Å². The smallest absolute Gasteiger partial charge is 0.282 e. The molecule has 0 fully saturated rings. The van der Waals surface area contributed by atoms with Gasteiger partial charge in [-0.3, -0.25) is 0 Å². The van der Waals surface area contributed by atoms with Crippen LogP contribution in [-0.2, 0) is 23.3 Å². The third kappa shape index (κ3) is 3.38. The second kappa shape index (κ2) is 6.67. The largest absolute Gasteiger partial charge is 0.317 e. The molecule has 0 unspecified atom stereocenters. The molecule has 0 bridgehead atoms. The van der Waals surface area contributed by atoms with Gasteiger partial charge in [-0.25, -0.2) is 0 Å². The molecule has 1 N–H and O–H groups in total. The Bertz CT molecular complexity index is 520. The Morgan fingerprint density at radius 2 is 1.85 bits per heavy atom. The lowest BCUT2D eigenvalue weighted by atomic mass is 10.1. The Morgan fingerprint density at radius 3 is 2.40 bits per heavy atom. The van der Waals surface area contributed by atoms with Crippen LogP contribution in [-0.4, -0.2) is 43.7 Å². The average molecular weight is 297 g/mol. The summed E-state index contributed by atoms with van der Waals surface area (Å²) >= 11 is 0. The van der Waals surface area contributed by atoms with Crippen molar-refractivity contribution in [2.45, 2.75) is 26.4 Å². The third-order valence-electron chi connectivity index (χ3n) is 3.61. The molecule has 0 saturated carbocycles. The number of nitrogens with zero attached hydrogens (tertiary/aromatic N) is 2. The summed E-state index contributed by atoms with van der Waals surface area (Å²) in [5.41, 5.74) is 2.22. The second-order valence-corrected chi connectivity index (χ2v) is 7.11. The van der Waals surface area contributed by atoms with Crippen LogP contribution in [0.5, 0.6) is 0 Å². The van der Waals surface area contributed by atoms with Crippen molar-refractivity contribution in [2.24, 2.45) is 0 Å². The fourth-order valence-corrected chi connectivity index (χ4v) is 3.74. The molecule has 6 heteroatoms. The topological polar surface area (TPSA) is 52.7 Å². The van der Waals surface area contributed by atoms with E-state index in [1.807, 2.05) is 31.2 Å². The highest BCUT2D eigenvalue weighted by molar-refractivity contribution is 7.86. The molecule has 0 aromatic heterocycles. The predicted octanol–water partition coefficient (Wildman–Crippen LogP) is 1.18. The number of benzene rings is 1. The van der Waals surface area contributed by atoms with Gasteiger partial charge in [-0.2, -0.15) is 17.0 Å². The molecule has 2 rings (SSSR count). The van der Waals surface area contributed by atoms with E-state index in [0.717, 1.165) is 30.6 Å². The molecule has 0 aliphatic carbocycles. The van der Waals surface area contributed by atoms with E-state index in [4.69, 9.17) is 0 Å². The summed E-state index contributed by atoms with van der Waals surface area (Å²) in [7, 11) is -1.70. The van der Waals surface area contributed by atoms with Crippen molar-refractivity contribution in [3.05, 3.63) is 35.4 Å². The van der Waals surface area contributed by atoms with Gasteiger partial charge in [-0.1, -0.05) is 31.2 Å². The molecule has 112 valence electrons. The first-order valence-corrected chi connectivity index (χ1v) is 8.44. The lowest BCUT2D eigenvalue weighted by molar-refractivity contribution is 0.364. The fourth-order valence-electron chi connectivity index (χ4n) is 2.38. The van der Waals surface area contributed by atoms with Gasteiger partial charge < -0.3 is 5.32 Å². The molecule has 0 spiro atoms. The van der Waals surface area contributed by atoms with Gasteiger partial charge in [0.15, 0.2) is 0 Å². The molecular weight excluding hydrogens is 274 g/mol. The zero-order valence-corrected chi connectivity index (χ0v) is 13.0. The molecular formula is C14H23N3O2S. The quantitative estimate of drug-likeness (QED) is 0.769. The normalized spacial score (nSPS) is 15.8. The number of hydrogen-bond acceptors (Lipinski definition) is 3. The summed E-state index contributed by atoms with van der Waals surface area (Å²) < 4.78 is 28.0. The minimum absolute atomic E-state index is 0.482. The molecule has 1 aliphatic heterocycles. The number of fused-ring (bicyclic) bond motifs is 1. The number of hydrogen-bond donors (Lipinski definition) is 1. The van der Waals surface area contributed by atoms with Crippen LogP contribution in [0.2, 0.25) is 0 Å². The summed E-state index contributed by atoms with van der Waals surface area (Å²) in [6, 6.07) is 7.90. The zero-order chi connectivity index (χ0) is 14.6. The average Bonchev–Trinajstić information content (AvgIpc) is 2.88. The van der Waals surface area contributed by atoms with Gasteiger partial charge in [0.2, 0.25) is 0 Å². The van der Waals surface area contributed by atoms with Crippen LogP contribution < -0.4 is 5.32 Å². The van der Waals surface area contributed by atoms with Gasteiger partial charge in [-0.05, 0) is 30.6 Å². The van der Waals surface area contributed by atoms with Crippen molar-refractivity contribution in [3.8, 4) is 0 Å². The molecule has 0 amide bonds. The Morgan fingerprint density at radius 1 is 1.25 bits per heavy atom. The fraction of sp³-hybridized carbons (Fsp3) is 0.571. The summed E-state index contributed by atoms with van der Waals surface area (Å²) in [5, 5.41) is 3.20. The van der Waals surface area contributed by atoms with Crippen LogP contribution in [0.1, 0.15) is 24.5 Å². The van der Waals surface area contributed by atoms with Gasteiger partial charge in [0.05, 0.1) is 0 Å². The van der Waals surface area contributed by atoms with E-state index in [-0.39, 0.29) is 0 Å². The Hall–Kier alpha value is -0.950. The number of nitrogens with one attached hydrogen (secondary N) is 1. The maximum atomic E-state index is 12.5. The van der Waals surface area contributed by atoms with Crippen LogP contribution in [0.25, 0.3) is 0 Å². The maximum Gasteiger partial charge on any atom is 0.282 e. The molecule has 1 aliphatic rings. The van der Waals surface area contributed by atoms with Gasteiger partial charge in [0.25, 0.3) is 10.2 Å². The molecule has 20 heavy (non-hydrogen) atoms. The highest BCUT2D eigenvalue weighted by Gasteiger charge is 2.31. The van der Waals surface area contributed by atoms with Gasteiger partial charge in [0, 0.05) is 26.7 Å². The third-order valence-corrected chi connectivity index (χ3v) is 5.49. The lowest BCUT2D eigenvalue weighted by Crippen LogP contribution is -2.40. The molecule has 1 aromatic rings. The SMILES string of the molecule is CCNCCCN(C)S(=O)(=O)N1Cc2ccccc2C1. The van der Waals surface area contributed by atoms with Crippen LogP contribution >= 0.6 is 0 Å². The maximum absolute atomic E-state index is 12.5. The van der Waals surface area contributed by atoms with Crippen LogP contribution in [0, 0.1) is 0 Å². The molecule has 0 atom stereocenters. The van der Waals surface area contributed by atoms with Crippen molar-refractivity contribution < 1.29 is 8.42 Å². The van der Waals surface area contributed by atoms with Gasteiger partial charge in [-0.15, -0.1) is 0 Å². The van der Waals surface area contributed by atoms with E-state index < -0.39 is 10.2 Å². The lowest BCUT2D eigenvalue weighted by Gasteiger charge is -2.23. The van der Waals surface area contributed by atoms with Crippen molar-refractivity contribution in [1.29, 1.82) is 0 Å². The Balaban J connectivity index is 1.95. The molecule has 0 radical (unpaired) electrons. The van der Waals surface area contributed by atoms with E-state index in [0.29, 0.717) is 19.6 Å². The monoisotopic (exact) mass is 297 g/mol. The second-order valence-electron chi connectivity index (χ2n) is 5.07. The highest BCUT2D eigenvalue weighted by Crippen LogP contribution is 2.25. The van der Waals surface area contributed by atoms with Gasteiger partial charge in [0.1, 0.15) is 0 Å². The van der Waals surface area contributed by atoms with Crippen molar-refractivity contribution in [1.82, 2.24) is 13.9 Å². The summed E-state index contributed by atoms with van der Waals surface area (Å²) in [6.07, 6.45) is 0.824. The molecule has 0 saturated heterocycles. The molecule has 5 nitrogen and oxygen atoms in total. The van der Waals surface area contributed by atoms with E-state index in [1.165, 1.54) is 4.31 Å². The highest BCUT2D eigenvalue weighted by atomic mass is 32.2. The zero-order valence-electron chi connectivity index (χ0n) is 12.2. The van der Waals surface area contributed by atoms with Crippen LogP contribution in [0.15, 0.2) is 24.3 Å². The van der Waals surface area contributed by atoms with Gasteiger partial charge >= 0.3 is 0 Å². The summed E-state index contributed by atoms with van der Waals surface area (Å²) in [4.78, 5) is 0. The minimum atomic E-state index is -3.35. The number of rotatable bonds is 7. The predicted molar refractivity (Wildman–Crippen MR) is 80.4 cm³/mol.